The normalized spacial score (nSPS) is 15.8. The van der Waals surface area contributed by atoms with Crippen molar-refractivity contribution >= 4 is 23.4 Å². The van der Waals surface area contributed by atoms with E-state index in [1.54, 1.807) is 13.8 Å². The topological polar surface area (TPSA) is 160 Å². The van der Waals surface area contributed by atoms with Crippen molar-refractivity contribution in [1.82, 2.24) is 10.2 Å². The average Bonchev–Trinajstić information content (AvgIpc) is 2.81. The van der Waals surface area contributed by atoms with Crippen molar-refractivity contribution in [2.75, 3.05) is 58.0 Å². The van der Waals surface area contributed by atoms with E-state index in [0.29, 0.717) is 35.4 Å². The average molecular weight is 482 g/mol. The number of ether oxygens (including phenoxy) is 1. The lowest BCUT2D eigenvalue weighted by Gasteiger charge is -2.33. The number of hydrogen-bond donors (Lipinski definition) is 5. The van der Waals surface area contributed by atoms with E-state index in [0.717, 1.165) is 0 Å². The minimum absolute atomic E-state index is 0.0213. The van der Waals surface area contributed by atoms with Gasteiger partial charge in [0.2, 0.25) is 0 Å². The fraction of sp³-hybridized carbons (Fsp3) is 0.609. The first kappa shape index (κ1) is 27.7. The molecule has 1 fully saturated rings. The number of aliphatic hydroxyl groups excluding tert-OH is 4. The molecular weight excluding hydrogens is 446 g/mol. The second kappa shape index (κ2) is 12.2. The number of hydrogen-bond acceptors (Lipinski definition) is 8. The SMILES string of the molecule is CCc1c(C(=O)N(C)CC(O)C(O)CO)c(C)c(C(=O)NCCO)c(C)c1N1CCOCC1=O. The van der Waals surface area contributed by atoms with Gasteiger partial charge in [-0.1, -0.05) is 6.92 Å². The van der Waals surface area contributed by atoms with E-state index in [1.807, 2.05) is 6.92 Å². The first-order valence-corrected chi connectivity index (χ1v) is 11.3. The van der Waals surface area contributed by atoms with Gasteiger partial charge in [0.25, 0.3) is 17.7 Å². The summed E-state index contributed by atoms with van der Waals surface area (Å²) in [4.78, 5) is 42.1. The Bertz CT molecular complexity index is 920. The molecule has 1 aliphatic rings. The van der Waals surface area contributed by atoms with E-state index in [-0.39, 0.29) is 49.9 Å². The summed E-state index contributed by atoms with van der Waals surface area (Å²) in [6.45, 7) is 4.51. The summed E-state index contributed by atoms with van der Waals surface area (Å²) in [7, 11) is 1.44. The molecule has 0 bridgehead atoms. The number of benzene rings is 1. The molecule has 0 spiro atoms. The predicted octanol–water partition coefficient (Wildman–Crippen LogP) is -1.26. The van der Waals surface area contributed by atoms with Crippen LogP contribution in [0, 0.1) is 13.8 Å². The summed E-state index contributed by atoms with van der Waals surface area (Å²) in [5, 5.41) is 40.6. The third-order valence-electron chi connectivity index (χ3n) is 5.95. The van der Waals surface area contributed by atoms with Crippen molar-refractivity contribution in [3.63, 3.8) is 0 Å². The third-order valence-corrected chi connectivity index (χ3v) is 5.95. The lowest BCUT2D eigenvalue weighted by Crippen LogP contribution is -2.44. The first-order chi connectivity index (χ1) is 16.1. The maximum Gasteiger partial charge on any atom is 0.254 e. The van der Waals surface area contributed by atoms with Crippen LogP contribution in [0.2, 0.25) is 0 Å². The molecule has 0 aromatic heterocycles. The van der Waals surface area contributed by atoms with Gasteiger partial charge in [-0.2, -0.15) is 0 Å². The number of carbonyl (C=O) groups excluding carboxylic acids is 3. The van der Waals surface area contributed by atoms with E-state index < -0.39 is 30.6 Å². The van der Waals surface area contributed by atoms with E-state index in [9.17, 15) is 24.6 Å². The first-order valence-electron chi connectivity index (χ1n) is 11.3. The van der Waals surface area contributed by atoms with Gasteiger partial charge in [-0.15, -0.1) is 0 Å². The smallest absolute Gasteiger partial charge is 0.254 e. The second-order valence-electron chi connectivity index (χ2n) is 8.26. The van der Waals surface area contributed by atoms with Gasteiger partial charge in [0.05, 0.1) is 31.6 Å². The summed E-state index contributed by atoms with van der Waals surface area (Å²) < 4.78 is 5.25. The van der Waals surface area contributed by atoms with Gasteiger partial charge in [0.1, 0.15) is 12.7 Å². The highest BCUT2D eigenvalue weighted by Gasteiger charge is 2.33. The molecule has 2 unspecified atom stereocenters. The van der Waals surface area contributed by atoms with Gasteiger partial charge >= 0.3 is 0 Å². The Morgan fingerprint density at radius 2 is 1.82 bits per heavy atom. The molecule has 0 aliphatic carbocycles. The molecule has 0 radical (unpaired) electrons. The maximum atomic E-state index is 13.6. The van der Waals surface area contributed by atoms with Crippen molar-refractivity contribution in [2.45, 2.75) is 39.4 Å². The Kier molecular flexibility index (Phi) is 9.95. The zero-order chi connectivity index (χ0) is 25.6. The van der Waals surface area contributed by atoms with Crippen molar-refractivity contribution in [2.24, 2.45) is 0 Å². The van der Waals surface area contributed by atoms with Crippen LogP contribution in [0.1, 0.15) is 44.3 Å². The van der Waals surface area contributed by atoms with Crippen LogP contribution in [-0.4, -0.2) is 108 Å². The van der Waals surface area contributed by atoms with Crippen LogP contribution in [0.4, 0.5) is 5.69 Å². The summed E-state index contributed by atoms with van der Waals surface area (Å²) >= 11 is 0. The Morgan fingerprint density at radius 3 is 2.38 bits per heavy atom. The van der Waals surface area contributed by atoms with Gasteiger partial charge < -0.3 is 40.3 Å². The molecule has 1 aromatic carbocycles. The third kappa shape index (κ3) is 5.73. The maximum absolute atomic E-state index is 13.6. The highest BCUT2D eigenvalue weighted by atomic mass is 16.5. The molecule has 1 aliphatic heterocycles. The molecular formula is C23H35N3O8. The summed E-state index contributed by atoms with van der Waals surface area (Å²) in [6.07, 6.45) is -2.40. The lowest BCUT2D eigenvalue weighted by molar-refractivity contribution is -0.125. The fourth-order valence-electron chi connectivity index (χ4n) is 4.25. The molecule has 1 saturated heterocycles. The van der Waals surface area contributed by atoms with Crippen LogP contribution < -0.4 is 10.2 Å². The zero-order valence-electron chi connectivity index (χ0n) is 20.1. The highest BCUT2D eigenvalue weighted by Crippen LogP contribution is 2.36. The monoisotopic (exact) mass is 481 g/mol. The van der Waals surface area contributed by atoms with E-state index in [4.69, 9.17) is 14.9 Å². The number of morpholine rings is 1. The quantitative estimate of drug-likeness (QED) is 0.277. The molecule has 1 heterocycles. The fourth-order valence-corrected chi connectivity index (χ4v) is 4.25. The van der Waals surface area contributed by atoms with Gasteiger partial charge in [0, 0.05) is 37.8 Å². The van der Waals surface area contributed by atoms with E-state index in [2.05, 4.69) is 5.32 Å². The molecule has 2 atom stereocenters. The van der Waals surface area contributed by atoms with Gasteiger partial charge in [-0.3, -0.25) is 14.4 Å². The van der Waals surface area contributed by atoms with Crippen LogP contribution in [0.5, 0.6) is 0 Å². The van der Waals surface area contributed by atoms with Crippen molar-refractivity contribution in [1.29, 1.82) is 0 Å². The van der Waals surface area contributed by atoms with Crippen molar-refractivity contribution in [3.8, 4) is 0 Å². The second-order valence-corrected chi connectivity index (χ2v) is 8.26. The standard InChI is InChI=1S/C23H35N3O8/c1-5-15-20(23(33)25(4)10-16(29)17(30)11-28)13(2)19(22(32)24-6-8-27)14(3)21(15)26-7-9-34-12-18(26)31/h16-17,27-30H,5-12H2,1-4H3,(H,24,32). The Hall–Kier alpha value is -2.57. The molecule has 3 amide bonds. The molecule has 5 N–H and O–H groups in total. The summed E-state index contributed by atoms with van der Waals surface area (Å²) in [5.41, 5.74) is 2.46. The number of aliphatic hydroxyl groups is 4. The Balaban J connectivity index is 2.70. The van der Waals surface area contributed by atoms with Crippen LogP contribution in [0.3, 0.4) is 0 Å². The number of likely N-dealkylation sites (N-methyl/N-ethyl adjacent to an activating group) is 1. The number of anilines is 1. The largest absolute Gasteiger partial charge is 0.395 e. The van der Waals surface area contributed by atoms with E-state index >= 15 is 0 Å². The number of nitrogens with one attached hydrogen (secondary N) is 1. The summed E-state index contributed by atoms with van der Waals surface area (Å²) in [6, 6.07) is 0. The van der Waals surface area contributed by atoms with Crippen LogP contribution in [-0.2, 0) is 16.0 Å². The molecule has 11 heteroatoms. The Labute approximate surface area is 198 Å². The molecule has 1 aromatic rings. The highest BCUT2D eigenvalue weighted by molar-refractivity contribution is 6.08. The Morgan fingerprint density at radius 1 is 1.15 bits per heavy atom. The lowest BCUT2D eigenvalue weighted by atomic mass is 9.87. The molecule has 11 nitrogen and oxygen atoms in total. The summed E-state index contributed by atoms with van der Waals surface area (Å²) in [5.74, 6) is -1.28. The molecule has 34 heavy (non-hydrogen) atoms. The molecule has 0 saturated carbocycles. The molecule has 2 rings (SSSR count). The van der Waals surface area contributed by atoms with Crippen LogP contribution >= 0.6 is 0 Å². The van der Waals surface area contributed by atoms with Crippen LogP contribution in [0.15, 0.2) is 0 Å². The van der Waals surface area contributed by atoms with Crippen LogP contribution in [0.25, 0.3) is 0 Å². The van der Waals surface area contributed by atoms with Gasteiger partial charge in [-0.05, 0) is 37.0 Å². The predicted molar refractivity (Wildman–Crippen MR) is 124 cm³/mol. The van der Waals surface area contributed by atoms with Crippen molar-refractivity contribution in [3.05, 3.63) is 27.8 Å². The minimum Gasteiger partial charge on any atom is -0.395 e. The number of rotatable bonds is 10. The zero-order valence-corrected chi connectivity index (χ0v) is 20.1. The number of carbonyl (C=O) groups is 3. The van der Waals surface area contributed by atoms with Gasteiger partial charge in [-0.25, -0.2) is 0 Å². The van der Waals surface area contributed by atoms with E-state index in [1.165, 1.54) is 16.8 Å². The number of amides is 3. The van der Waals surface area contributed by atoms with Crippen molar-refractivity contribution < 1.29 is 39.5 Å². The minimum atomic E-state index is -1.42. The number of nitrogens with zero attached hydrogens (tertiary/aromatic N) is 2. The molecule has 190 valence electrons. The van der Waals surface area contributed by atoms with Gasteiger partial charge in [0.15, 0.2) is 0 Å².